The second-order valence-corrected chi connectivity index (χ2v) is 4.61. The van der Waals surface area contributed by atoms with Crippen LogP contribution in [0.15, 0.2) is 29.4 Å². The van der Waals surface area contributed by atoms with Gasteiger partial charge in [-0.25, -0.2) is 18.7 Å². The summed E-state index contributed by atoms with van der Waals surface area (Å²) in [6.45, 7) is 0. The standard InChI is InChI=1S/C8H9N5O2S/c9-6-3-1-5(2-4-6)7-11-8(13-12-7)16(10,14)15/h1-4H,9H2,(H2,10,14,15)(H,11,12,13). The van der Waals surface area contributed by atoms with Crippen molar-refractivity contribution in [1.82, 2.24) is 15.2 Å². The first-order valence-electron chi connectivity index (χ1n) is 4.28. The van der Waals surface area contributed by atoms with Crippen LogP contribution in [0.4, 0.5) is 5.69 Å². The second-order valence-electron chi connectivity index (χ2n) is 3.13. The number of primary sulfonamides is 1. The highest BCUT2D eigenvalue weighted by Crippen LogP contribution is 2.16. The Labute approximate surface area is 91.5 Å². The zero-order valence-corrected chi connectivity index (χ0v) is 8.90. The number of anilines is 1. The maximum absolute atomic E-state index is 11.0. The van der Waals surface area contributed by atoms with Crippen LogP contribution in [-0.2, 0) is 10.0 Å². The van der Waals surface area contributed by atoms with Crippen LogP contribution in [0.25, 0.3) is 11.4 Å². The number of hydrogen-bond donors (Lipinski definition) is 3. The van der Waals surface area contributed by atoms with Gasteiger partial charge in [-0.05, 0) is 24.3 Å². The molecule has 0 atom stereocenters. The average Bonchev–Trinajstić information content (AvgIpc) is 2.67. The average molecular weight is 239 g/mol. The van der Waals surface area contributed by atoms with Crippen molar-refractivity contribution in [2.75, 3.05) is 5.73 Å². The minimum absolute atomic E-state index is 0.254. The van der Waals surface area contributed by atoms with Gasteiger partial charge in [0.25, 0.3) is 15.2 Å². The van der Waals surface area contributed by atoms with Gasteiger partial charge in [0.1, 0.15) is 0 Å². The molecule has 0 aliphatic rings. The Morgan fingerprint density at radius 2 is 1.81 bits per heavy atom. The summed E-state index contributed by atoms with van der Waals surface area (Å²) >= 11 is 0. The fraction of sp³-hybridized carbons (Fsp3) is 0. The van der Waals surface area contributed by atoms with Gasteiger partial charge in [0.15, 0.2) is 5.82 Å². The molecule has 0 aliphatic heterocycles. The number of aromatic nitrogens is 3. The zero-order valence-electron chi connectivity index (χ0n) is 8.08. The summed E-state index contributed by atoms with van der Waals surface area (Å²) in [4.78, 5) is 3.76. The lowest BCUT2D eigenvalue weighted by Crippen LogP contribution is -2.13. The van der Waals surface area contributed by atoms with E-state index in [0.717, 1.165) is 0 Å². The maximum atomic E-state index is 11.0. The van der Waals surface area contributed by atoms with Crippen LogP contribution < -0.4 is 10.9 Å². The molecule has 0 spiro atoms. The Hall–Kier alpha value is -1.93. The molecule has 0 saturated carbocycles. The van der Waals surface area contributed by atoms with Gasteiger partial charge in [0.05, 0.1) is 0 Å². The van der Waals surface area contributed by atoms with Gasteiger partial charge in [0.2, 0.25) is 0 Å². The minimum atomic E-state index is -3.85. The monoisotopic (exact) mass is 239 g/mol. The topological polar surface area (TPSA) is 128 Å². The SMILES string of the molecule is Nc1ccc(-c2n[nH]c(S(N)(=O)=O)n2)cc1. The molecular weight excluding hydrogens is 230 g/mol. The van der Waals surface area contributed by atoms with E-state index in [2.05, 4.69) is 15.2 Å². The van der Waals surface area contributed by atoms with Gasteiger partial charge in [0, 0.05) is 11.3 Å². The zero-order chi connectivity index (χ0) is 11.8. The van der Waals surface area contributed by atoms with E-state index in [0.29, 0.717) is 11.3 Å². The molecule has 8 heteroatoms. The molecule has 5 N–H and O–H groups in total. The summed E-state index contributed by atoms with van der Waals surface area (Å²) in [5, 5.41) is 10.5. The summed E-state index contributed by atoms with van der Waals surface area (Å²) in [5.74, 6) is 0.254. The summed E-state index contributed by atoms with van der Waals surface area (Å²) < 4.78 is 21.9. The largest absolute Gasteiger partial charge is 0.399 e. The van der Waals surface area contributed by atoms with E-state index in [1.807, 2.05) is 0 Å². The van der Waals surface area contributed by atoms with Crippen LogP contribution in [0.1, 0.15) is 0 Å². The van der Waals surface area contributed by atoms with Gasteiger partial charge in [-0.1, -0.05) is 0 Å². The molecule has 1 aromatic heterocycles. The number of nitrogen functional groups attached to an aromatic ring is 1. The molecule has 1 aromatic carbocycles. The van der Waals surface area contributed by atoms with E-state index in [1.54, 1.807) is 24.3 Å². The van der Waals surface area contributed by atoms with Crippen molar-refractivity contribution in [2.45, 2.75) is 5.16 Å². The molecule has 0 unspecified atom stereocenters. The highest BCUT2D eigenvalue weighted by Gasteiger charge is 2.14. The van der Waals surface area contributed by atoms with E-state index in [4.69, 9.17) is 10.9 Å². The van der Waals surface area contributed by atoms with E-state index in [9.17, 15) is 8.42 Å². The van der Waals surface area contributed by atoms with Crippen LogP contribution in [0.2, 0.25) is 0 Å². The number of nitrogens with one attached hydrogen (secondary N) is 1. The van der Waals surface area contributed by atoms with E-state index in [1.165, 1.54) is 0 Å². The van der Waals surface area contributed by atoms with Crippen molar-refractivity contribution in [1.29, 1.82) is 0 Å². The molecular formula is C8H9N5O2S. The molecule has 2 rings (SSSR count). The molecule has 0 saturated heterocycles. The summed E-state index contributed by atoms with van der Waals surface area (Å²) in [5.41, 5.74) is 6.77. The van der Waals surface area contributed by atoms with Gasteiger partial charge in [-0.2, -0.15) is 10.1 Å². The Morgan fingerprint density at radius 3 is 2.31 bits per heavy atom. The van der Waals surface area contributed by atoms with Crippen LogP contribution in [0.5, 0.6) is 0 Å². The van der Waals surface area contributed by atoms with Gasteiger partial charge >= 0.3 is 0 Å². The number of hydrogen-bond acceptors (Lipinski definition) is 5. The summed E-state index contributed by atoms with van der Waals surface area (Å²) in [6.07, 6.45) is 0. The number of sulfonamides is 1. The number of rotatable bonds is 2. The Bertz CT molecular complexity index is 602. The third kappa shape index (κ3) is 2.02. The van der Waals surface area contributed by atoms with E-state index < -0.39 is 10.0 Å². The molecule has 0 bridgehead atoms. The summed E-state index contributed by atoms with van der Waals surface area (Å²) in [7, 11) is -3.85. The minimum Gasteiger partial charge on any atom is -0.399 e. The quantitative estimate of drug-likeness (QED) is 0.620. The smallest absolute Gasteiger partial charge is 0.273 e. The van der Waals surface area contributed by atoms with E-state index in [-0.39, 0.29) is 11.0 Å². The molecule has 0 radical (unpaired) electrons. The van der Waals surface area contributed by atoms with Crippen molar-refractivity contribution in [3.8, 4) is 11.4 Å². The normalized spacial score (nSPS) is 11.6. The van der Waals surface area contributed by atoms with Crippen molar-refractivity contribution in [3.05, 3.63) is 24.3 Å². The number of H-pyrrole nitrogens is 1. The summed E-state index contributed by atoms with van der Waals surface area (Å²) in [6, 6.07) is 6.71. The fourth-order valence-electron chi connectivity index (χ4n) is 1.14. The van der Waals surface area contributed by atoms with Crippen LogP contribution in [0, 0.1) is 0 Å². The van der Waals surface area contributed by atoms with Crippen LogP contribution >= 0.6 is 0 Å². The molecule has 16 heavy (non-hydrogen) atoms. The highest BCUT2D eigenvalue weighted by molar-refractivity contribution is 7.89. The first-order valence-corrected chi connectivity index (χ1v) is 5.82. The molecule has 1 heterocycles. The lowest BCUT2D eigenvalue weighted by atomic mass is 10.2. The van der Waals surface area contributed by atoms with Gasteiger partial charge < -0.3 is 5.73 Å². The Balaban J connectivity index is 2.43. The fourth-order valence-corrected chi connectivity index (χ4v) is 1.52. The van der Waals surface area contributed by atoms with Gasteiger partial charge in [-0.15, -0.1) is 0 Å². The molecule has 0 amide bonds. The lowest BCUT2D eigenvalue weighted by molar-refractivity contribution is 0.589. The second kappa shape index (κ2) is 3.58. The third-order valence-electron chi connectivity index (χ3n) is 1.90. The van der Waals surface area contributed by atoms with Crippen molar-refractivity contribution >= 4 is 15.7 Å². The molecule has 84 valence electrons. The van der Waals surface area contributed by atoms with Crippen LogP contribution in [0.3, 0.4) is 0 Å². The molecule has 7 nitrogen and oxygen atoms in total. The molecule has 0 aliphatic carbocycles. The Morgan fingerprint density at radius 1 is 1.19 bits per heavy atom. The molecule has 0 fully saturated rings. The first-order chi connectivity index (χ1) is 7.47. The number of benzene rings is 1. The first kappa shape index (κ1) is 10.6. The number of nitrogens with zero attached hydrogens (tertiary/aromatic N) is 2. The lowest BCUT2D eigenvalue weighted by Gasteiger charge is -1.95. The number of aromatic amines is 1. The maximum Gasteiger partial charge on any atom is 0.273 e. The predicted octanol–water partition coefficient (Wildman–Crippen LogP) is -0.299. The predicted molar refractivity (Wildman–Crippen MR) is 57.6 cm³/mol. The van der Waals surface area contributed by atoms with Crippen LogP contribution in [-0.4, -0.2) is 23.6 Å². The Kier molecular flexibility index (Phi) is 2.37. The number of nitrogens with two attached hydrogens (primary N) is 2. The van der Waals surface area contributed by atoms with E-state index >= 15 is 0 Å². The third-order valence-corrected chi connectivity index (χ3v) is 2.62. The molecule has 2 aromatic rings. The van der Waals surface area contributed by atoms with Crippen molar-refractivity contribution in [2.24, 2.45) is 5.14 Å². The van der Waals surface area contributed by atoms with Crippen molar-refractivity contribution in [3.63, 3.8) is 0 Å². The van der Waals surface area contributed by atoms with Crippen molar-refractivity contribution < 1.29 is 8.42 Å². The highest BCUT2D eigenvalue weighted by atomic mass is 32.2. The van der Waals surface area contributed by atoms with Gasteiger partial charge in [-0.3, -0.25) is 0 Å².